The molecule has 1 heterocycles. The summed E-state index contributed by atoms with van der Waals surface area (Å²) in [5.74, 6) is -0.292. The monoisotopic (exact) mass is 292 g/mol. The van der Waals surface area contributed by atoms with E-state index < -0.39 is 4.92 Å². The number of rotatable bonds is 5. The van der Waals surface area contributed by atoms with Crippen LogP contribution in [0.2, 0.25) is 0 Å². The SMILES string of the molecule is NCc1nc(C(=O)NCc2ccc([N+](=O)[O-])cc2)cs1. The van der Waals surface area contributed by atoms with Crippen molar-refractivity contribution in [3.63, 3.8) is 0 Å². The van der Waals surface area contributed by atoms with Gasteiger partial charge in [0.05, 0.1) is 4.92 Å². The topological polar surface area (TPSA) is 111 Å². The van der Waals surface area contributed by atoms with Crippen molar-refractivity contribution in [1.82, 2.24) is 10.3 Å². The van der Waals surface area contributed by atoms with Gasteiger partial charge in [0.2, 0.25) is 0 Å². The average molecular weight is 292 g/mol. The van der Waals surface area contributed by atoms with Crippen LogP contribution in [0.5, 0.6) is 0 Å². The molecule has 0 radical (unpaired) electrons. The highest BCUT2D eigenvalue weighted by Crippen LogP contribution is 2.12. The number of nitrogens with two attached hydrogens (primary N) is 1. The summed E-state index contributed by atoms with van der Waals surface area (Å²) >= 11 is 1.33. The molecule has 1 aromatic heterocycles. The minimum atomic E-state index is -0.466. The fourth-order valence-electron chi connectivity index (χ4n) is 1.52. The van der Waals surface area contributed by atoms with E-state index in [4.69, 9.17) is 5.73 Å². The van der Waals surface area contributed by atoms with Crippen molar-refractivity contribution in [2.24, 2.45) is 5.73 Å². The number of amides is 1. The first kappa shape index (κ1) is 14.1. The zero-order chi connectivity index (χ0) is 14.5. The Morgan fingerprint density at radius 2 is 2.10 bits per heavy atom. The molecule has 0 fully saturated rings. The smallest absolute Gasteiger partial charge is 0.271 e. The Labute approximate surface area is 118 Å². The molecule has 0 aliphatic heterocycles. The Balaban J connectivity index is 1.94. The summed E-state index contributed by atoms with van der Waals surface area (Å²) in [4.78, 5) is 25.9. The third-order valence-corrected chi connectivity index (χ3v) is 3.43. The number of nitro groups is 1. The van der Waals surface area contributed by atoms with Crippen molar-refractivity contribution in [1.29, 1.82) is 0 Å². The van der Waals surface area contributed by atoms with E-state index in [1.165, 1.54) is 23.5 Å². The quantitative estimate of drug-likeness (QED) is 0.639. The summed E-state index contributed by atoms with van der Waals surface area (Å²) in [6.07, 6.45) is 0. The third kappa shape index (κ3) is 3.37. The molecule has 104 valence electrons. The number of nitrogens with zero attached hydrogens (tertiary/aromatic N) is 2. The Morgan fingerprint density at radius 3 is 2.65 bits per heavy atom. The molecule has 1 amide bonds. The lowest BCUT2D eigenvalue weighted by Crippen LogP contribution is -2.23. The number of carbonyl (C=O) groups excluding carboxylic acids is 1. The van der Waals surface area contributed by atoms with Gasteiger partial charge in [0.1, 0.15) is 10.7 Å². The predicted molar refractivity (Wildman–Crippen MR) is 74.3 cm³/mol. The highest BCUT2D eigenvalue weighted by atomic mass is 32.1. The van der Waals surface area contributed by atoms with E-state index in [9.17, 15) is 14.9 Å². The van der Waals surface area contributed by atoms with Gasteiger partial charge in [-0.15, -0.1) is 11.3 Å². The second-order valence-corrected chi connectivity index (χ2v) is 4.88. The highest BCUT2D eigenvalue weighted by Gasteiger charge is 2.10. The van der Waals surface area contributed by atoms with E-state index in [1.54, 1.807) is 17.5 Å². The molecule has 20 heavy (non-hydrogen) atoms. The van der Waals surface area contributed by atoms with Gasteiger partial charge in [0.15, 0.2) is 0 Å². The Kier molecular flexibility index (Phi) is 4.38. The van der Waals surface area contributed by atoms with Crippen LogP contribution in [0.1, 0.15) is 21.1 Å². The van der Waals surface area contributed by atoms with Crippen LogP contribution in [0.25, 0.3) is 0 Å². The van der Waals surface area contributed by atoms with E-state index in [0.29, 0.717) is 17.2 Å². The zero-order valence-electron chi connectivity index (χ0n) is 10.4. The Hall–Kier alpha value is -2.32. The van der Waals surface area contributed by atoms with Gasteiger partial charge < -0.3 is 11.1 Å². The van der Waals surface area contributed by atoms with Crippen LogP contribution in [0, 0.1) is 10.1 Å². The van der Waals surface area contributed by atoms with Gasteiger partial charge >= 0.3 is 0 Å². The number of nitro benzene ring substituents is 1. The van der Waals surface area contributed by atoms with Gasteiger partial charge in [0, 0.05) is 30.6 Å². The fraction of sp³-hybridized carbons (Fsp3) is 0.167. The second-order valence-electron chi connectivity index (χ2n) is 3.94. The average Bonchev–Trinajstić information content (AvgIpc) is 2.94. The molecule has 0 atom stereocenters. The highest BCUT2D eigenvalue weighted by molar-refractivity contribution is 7.09. The first-order chi connectivity index (χ1) is 9.60. The summed E-state index contributed by atoms with van der Waals surface area (Å²) in [6.45, 7) is 0.590. The molecular weight excluding hydrogens is 280 g/mol. The second kappa shape index (κ2) is 6.22. The number of benzene rings is 1. The predicted octanol–water partition coefficient (Wildman–Crippen LogP) is 1.44. The standard InChI is InChI=1S/C12H12N4O3S/c13-5-11-15-10(7-20-11)12(17)14-6-8-1-3-9(4-2-8)16(18)19/h1-4,7H,5-6,13H2,(H,14,17). The molecule has 1 aromatic carbocycles. The van der Waals surface area contributed by atoms with Gasteiger partial charge in [0.25, 0.3) is 11.6 Å². The minimum absolute atomic E-state index is 0.0205. The number of carbonyl (C=O) groups is 1. The minimum Gasteiger partial charge on any atom is -0.347 e. The number of hydrogen-bond donors (Lipinski definition) is 2. The molecular formula is C12H12N4O3S. The maximum atomic E-state index is 11.8. The number of non-ortho nitro benzene ring substituents is 1. The molecule has 0 saturated heterocycles. The first-order valence-electron chi connectivity index (χ1n) is 5.76. The lowest BCUT2D eigenvalue weighted by atomic mass is 10.2. The molecule has 0 aliphatic rings. The summed E-state index contributed by atoms with van der Waals surface area (Å²) in [6, 6.07) is 6.00. The maximum absolute atomic E-state index is 11.8. The molecule has 0 saturated carbocycles. The molecule has 0 bridgehead atoms. The molecule has 2 rings (SSSR count). The van der Waals surface area contributed by atoms with Gasteiger partial charge in [-0.05, 0) is 5.56 Å². The van der Waals surface area contributed by atoms with Crippen LogP contribution in [0.15, 0.2) is 29.6 Å². The number of thiazole rings is 1. The van der Waals surface area contributed by atoms with E-state index in [-0.39, 0.29) is 18.1 Å². The lowest BCUT2D eigenvalue weighted by molar-refractivity contribution is -0.384. The number of nitrogens with one attached hydrogen (secondary N) is 1. The van der Waals surface area contributed by atoms with Crippen molar-refractivity contribution in [2.75, 3.05) is 0 Å². The summed E-state index contributed by atoms with van der Waals surface area (Å²) < 4.78 is 0. The van der Waals surface area contributed by atoms with Crippen LogP contribution in [0.4, 0.5) is 5.69 Å². The zero-order valence-corrected chi connectivity index (χ0v) is 11.2. The third-order valence-electron chi connectivity index (χ3n) is 2.56. The molecule has 7 nitrogen and oxygen atoms in total. The van der Waals surface area contributed by atoms with Crippen molar-refractivity contribution in [3.8, 4) is 0 Å². The van der Waals surface area contributed by atoms with E-state index >= 15 is 0 Å². The van der Waals surface area contributed by atoms with Crippen molar-refractivity contribution >= 4 is 22.9 Å². The molecule has 0 aliphatic carbocycles. The van der Waals surface area contributed by atoms with Crippen LogP contribution < -0.4 is 11.1 Å². The van der Waals surface area contributed by atoms with Crippen LogP contribution in [-0.2, 0) is 13.1 Å². The van der Waals surface area contributed by atoms with Crippen molar-refractivity contribution in [3.05, 3.63) is 56.0 Å². The van der Waals surface area contributed by atoms with Crippen molar-refractivity contribution < 1.29 is 9.72 Å². The fourth-order valence-corrected chi connectivity index (χ4v) is 2.17. The van der Waals surface area contributed by atoms with E-state index in [1.807, 2.05) is 0 Å². The summed E-state index contributed by atoms with van der Waals surface area (Å²) in [5.41, 5.74) is 6.56. The van der Waals surface area contributed by atoms with Gasteiger partial charge in [-0.1, -0.05) is 12.1 Å². The molecule has 3 N–H and O–H groups in total. The van der Waals surface area contributed by atoms with Crippen LogP contribution in [0.3, 0.4) is 0 Å². The Morgan fingerprint density at radius 1 is 1.40 bits per heavy atom. The molecule has 2 aromatic rings. The van der Waals surface area contributed by atoms with E-state index in [2.05, 4.69) is 10.3 Å². The maximum Gasteiger partial charge on any atom is 0.271 e. The van der Waals surface area contributed by atoms with Gasteiger partial charge in [-0.2, -0.15) is 0 Å². The summed E-state index contributed by atoms with van der Waals surface area (Å²) in [5, 5.41) is 15.6. The summed E-state index contributed by atoms with van der Waals surface area (Å²) in [7, 11) is 0. The van der Waals surface area contributed by atoms with E-state index in [0.717, 1.165) is 5.56 Å². The first-order valence-corrected chi connectivity index (χ1v) is 6.64. The lowest BCUT2D eigenvalue weighted by Gasteiger charge is -2.03. The molecule has 0 spiro atoms. The molecule has 8 heteroatoms. The van der Waals surface area contributed by atoms with Gasteiger partial charge in [-0.25, -0.2) is 4.98 Å². The number of aromatic nitrogens is 1. The molecule has 0 unspecified atom stereocenters. The Bertz CT molecular complexity index is 624. The van der Waals surface area contributed by atoms with Crippen LogP contribution >= 0.6 is 11.3 Å². The van der Waals surface area contributed by atoms with Gasteiger partial charge in [-0.3, -0.25) is 14.9 Å². The normalized spacial score (nSPS) is 10.2. The number of hydrogen-bond acceptors (Lipinski definition) is 6. The largest absolute Gasteiger partial charge is 0.347 e. The van der Waals surface area contributed by atoms with Crippen LogP contribution in [-0.4, -0.2) is 15.8 Å². The van der Waals surface area contributed by atoms with Crippen molar-refractivity contribution in [2.45, 2.75) is 13.1 Å².